The number of amides is 1. The molecule has 0 radical (unpaired) electrons. The van der Waals surface area contributed by atoms with E-state index in [0.29, 0.717) is 16.3 Å². The molecule has 0 bridgehead atoms. The van der Waals surface area contributed by atoms with Crippen molar-refractivity contribution >= 4 is 40.5 Å². The number of anilines is 3. The number of rotatable bonds is 6. The second-order valence-electron chi connectivity index (χ2n) is 5.70. The number of para-hydroxylation sites is 1. The highest BCUT2D eigenvalue weighted by Gasteiger charge is 2.24. The third-order valence-electron chi connectivity index (χ3n) is 3.80. The number of nitrogens with one attached hydrogen (secondary N) is 3. The fourth-order valence-corrected chi connectivity index (χ4v) is 2.49. The van der Waals surface area contributed by atoms with Gasteiger partial charge in [-0.3, -0.25) is 25.8 Å². The van der Waals surface area contributed by atoms with Crippen molar-refractivity contribution in [3.63, 3.8) is 0 Å². The van der Waals surface area contributed by atoms with Crippen LogP contribution >= 0.6 is 11.6 Å². The van der Waals surface area contributed by atoms with E-state index in [1.165, 1.54) is 12.1 Å². The summed E-state index contributed by atoms with van der Waals surface area (Å²) in [4.78, 5) is 31.0. The topological polar surface area (TPSA) is 122 Å². The van der Waals surface area contributed by atoms with E-state index in [9.17, 15) is 14.9 Å². The molecule has 28 heavy (non-hydrogen) atoms. The van der Waals surface area contributed by atoms with Crippen LogP contribution in [-0.4, -0.2) is 20.8 Å². The Balaban J connectivity index is 1.83. The van der Waals surface area contributed by atoms with Crippen LogP contribution in [0.5, 0.6) is 0 Å². The first kappa shape index (κ1) is 19.1. The van der Waals surface area contributed by atoms with Gasteiger partial charge in [0.1, 0.15) is 6.33 Å². The van der Waals surface area contributed by atoms with Gasteiger partial charge in [-0.2, -0.15) is 0 Å². The average Bonchev–Trinajstić information content (AvgIpc) is 2.68. The van der Waals surface area contributed by atoms with Crippen molar-refractivity contribution in [2.45, 2.75) is 6.92 Å². The highest BCUT2D eigenvalue weighted by molar-refractivity contribution is 6.30. The number of hydrogen-bond donors (Lipinski definition) is 3. The first-order chi connectivity index (χ1) is 13.5. The minimum absolute atomic E-state index is 0.00228. The standard InChI is InChI=1S/C18H15ClN6O3/c1-11-4-2-3-5-14(11)22-16-15(25(27)28)17(21-10-20-16)23-24-18(26)12-6-8-13(19)9-7-12/h2-10H,1H3,(H,24,26)(H2,20,21,22,23). The number of benzene rings is 2. The third-order valence-corrected chi connectivity index (χ3v) is 4.06. The highest BCUT2D eigenvalue weighted by Crippen LogP contribution is 2.31. The summed E-state index contributed by atoms with van der Waals surface area (Å²) in [5, 5.41) is 15.0. The van der Waals surface area contributed by atoms with Gasteiger partial charge in [-0.1, -0.05) is 29.8 Å². The quantitative estimate of drug-likeness (QED) is 0.425. The Morgan fingerprint density at radius 1 is 1.07 bits per heavy atom. The molecule has 3 aromatic rings. The van der Waals surface area contributed by atoms with Crippen LogP contribution < -0.4 is 16.2 Å². The molecule has 0 atom stereocenters. The lowest BCUT2D eigenvalue weighted by molar-refractivity contribution is -0.383. The maximum Gasteiger partial charge on any atom is 0.355 e. The lowest BCUT2D eigenvalue weighted by atomic mass is 10.2. The smallest absolute Gasteiger partial charge is 0.334 e. The van der Waals surface area contributed by atoms with Crippen LogP contribution in [0.25, 0.3) is 0 Å². The maximum atomic E-state index is 12.2. The second-order valence-corrected chi connectivity index (χ2v) is 6.14. The number of hydrazine groups is 1. The molecule has 3 N–H and O–H groups in total. The number of aromatic nitrogens is 2. The van der Waals surface area contributed by atoms with Crippen molar-refractivity contribution in [2.24, 2.45) is 0 Å². The molecule has 0 aliphatic rings. The Kier molecular flexibility index (Phi) is 5.66. The van der Waals surface area contributed by atoms with Crippen molar-refractivity contribution in [3.05, 3.63) is 81.1 Å². The zero-order valence-corrected chi connectivity index (χ0v) is 15.4. The summed E-state index contributed by atoms with van der Waals surface area (Å²) >= 11 is 5.79. The van der Waals surface area contributed by atoms with Crippen molar-refractivity contribution in [2.75, 3.05) is 10.7 Å². The third kappa shape index (κ3) is 4.33. The van der Waals surface area contributed by atoms with Crippen LogP contribution in [0, 0.1) is 17.0 Å². The second kappa shape index (κ2) is 8.31. The summed E-state index contributed by atoms with van der Waals surface area (Å²) in [5.74, 6) is -0.658. The number of nitrogens with zero attached hydrogens (tertiary/aromatic N) is 3. The summed E-state index contributed by atoms with van der Waals surface area (Å²) in [6.45, 7) is 1.86. The van der Waals surface area contributed by atoms with Crippen molar-refractivity contribution in [1.29, 1.82) is 0 Å². The molecule has 0 aliphatic carbocycles. The van der Waals surface area contributed by atoms with E-state index in [1.807, 2.05) is 19.1 Å². The number of nitro groups is 1. The van der Waals surface area contributed by atoms with Crippen LogP contribution in [0.2, 0.25) is 5.02 Å². The summed E-state index contributed by atoms with van der Waals surface area (Å²) in [6, 6.07) is 13.5. The van der Waals surface area contributed by atoms with Gasteiger partial charge in [0.2, 0.25) is 11.6 Å². The van der Waals surface area contributed by atoms with Crippen LogP contribution in [0.15, 0.2) is 54.9 Å². The average molecular weight is 399 g/mol. The van der Waals surface area contributed by atoms with Crippen molar-refractivity contribution < 1.29 is 9.72 Å². The van der Waals surface area contributed by atoms with E-state index in [2.05, 4.69) is 26.1 Å². The fourth-order valence-electron chi connectivity index (χ4n) is 2.36. The molecule has 9 nitrogen and oxygen atoms in total. The molecule has 0 spiro atoms. The van der Waals surface area contributed by atoms with Gasteiger partial charge in [0.05, 0.1) is 4.92 Å². The summed E-state index contributed by atoms with van der Waals surface area (Å²) in [7, 11) is 0. The lowest BCUT2D eigenvalue weighted by Crippen LogP contribution is -2.30. The van der Waals surface area contributed by atoms with Crippen molar-refractivity contribution in [3.8, 4) is 0 Å². The summed E-state index contributed by atoms with van der Waals surface area (Å²) in [6.07, 6.45) is 1.16. The molecule has 0 saturated carbocycles. The van der Waals surface area contributed by atoms with E-state index < -0.39 is 16.5 Å². The molecule has 142 valence electrons. The van der Waals surface area contributed by atoms with Gasteiger partial charge in [-0.05, 0) is 42.8 Å². The van der Waals surface area contributed by atoms with E-state index in [1.54, 1.807) is 24.3 Å². The van der Waals surface area contributed by atoms with E-state index >= 15 is 0 Å². The number of carbonyl (C=O) groups is 1. The predicted molar refractivity (Wildman–Crippen MR) is 106 cm³/mol. The zero-order valence-electron chi connectivity index (χ0n) is 14.6. The number of halogens is 1. The van der Waals surface area contributed by atoms with Crippen LogP contribution in [0.4, 0.5) is 23.0 Å². The normalized spacial score (nSPS) is 10.2. The monoisotopic (exact) mass is 398 g/mol. The Labute approximate surface area is 164 Å². The predicted octanol–water partition coefficient (Wildman–Crippen LogP) is 3.85. The van der Waals surface area contributed by atoms with Gasteiger partial charge in [-0.15, -0.1) is 0 Å². The molecular formula is C18H15ClN6O3. The van der Waals surface area contributed by atoms with Crippen molar-refractivity contribution in [1.82, 2.24) is 15.4 Å². The minimum atomic E-state index is -0.628. The molecule has 1 amide bonds. The first-order valence-electron chi connectivity index (χ1n) is 8.09. The highest BCUT2D eigenvalue weighted by atomic mass is 35.5. The molecular weight excluding hydrogens is 384 g/mol. The SMILES string of the molecule is Cc1ccccc1Nc1ncnc(NNC(=O)c2ccc(Cl)cc2)c1[N+](=O)[O-]. The van der Waals surface area contributed by atoms with E-state index in [4.69, 9.17) is 11.6 Å². The van der Waals surface area contributed by atoms with E-state index in [0.717, 1.165) is 11.9 Å². The molecule has 3 rings (SSSR count). The van der Waals surface area contributed by atoms with Gasteiger partial charge in [0.25, 0.3) is 5.91 Å². The molecule has 1 aromatic heterocycles. The molecule has 10 heteroatoms. The van der Waals surface area contributed by atoms with Gasteiger partial charge in [0, 0.05) is 16.3 Å². The molecule has 0 unspecified atom stereocenters. The zero-order chi connectivity index (χ0) is 20.1. The Hall–Kier alpha value is -3.72. The Morgan fingerprint density at radius 3 is 2.43 bits per heavy atom. The van der Waals surface area contributed by atoms with Crippen LogP contribution in [-0.2, 0) is 0 Å². The van der Waals surface area contributed by atoms with Gasteiger partial charge in [0.15, 0.2) is 0 Å². The number of carbonyl (C=O) groups excluding carboxylic acids is 1. The summed E-state index contributed by atoms with van der Waals surface area (Å²) in [5.41, 5.74) is 6.34. The molecule has 0 fully saturated rings. The Morgan fingerprint density at radius 2 is 1.75 bits per heavy atom. The van der Waals surface area contributed by atoms with E-state index in [-0.39, 0.29) is 11.6 Å². The van der Waals surface area contributed by atoms with Gasteiger partial charge < -0.3 is 5.32 Å². The molecule has 0 saturated heterocycles. The largest absolute Gasteiger partial charge is 0.355 e. The minimum Gasteiger partial charge on any atom is -0.334 e. The van der Waals surface area contributed by atoms with Gasteiger partial charge >= 0.3 is 5.69 Å². The maximum absolute atomic E-state index is 12.2. The van der Waals surface area contributed by atoms with Crippen LogP contribution in [0.3, 0.4) is 0 Å². The number of aryl methyl sites for hydroxylation is 1. The van der Waals surface area contributed by atoms with Gasteiger partial charge in [-0.25, -0.2) is 9.97 Å². The lowest BCUT2D eigenvalue weighted by Gasteiger charge is -2.12. The fraction of sp³-hybridized carbons (Fsp3) is 0.0556. The summed E-state index contributed by atoms with van der Waals surface area (Å²) < 4.78 is 0. The first-order valence-corrected chi connectivity index (χ1v) is 8.47. The van der Waals surface area contributed by atoms with Crippen LogP contribution in [0.1, 0.15) is 15.9 Å². The number of hydrogen-bond acceptors (Lipinski definition) is 7. The molecule has 2 aromatic carbocycles. The molecule has 0 aliphatic heterocycles. The Bertz CT molecular complexity index is 1030. The molecule has 1 heterocycles.